The number of nitrogens with zero attached hydrogens (tertiary/aromatic N) is 1. The third-order valence-electron chi connectivity index (χ3n) is 1.30. The van der Waals surface area contributed by atoms with E-state index in [4.69, 9.17) is 4.74 Å². The minimum atomic E-state index is 0.632. The van der Waals surface area contributed by atoms with Crippen LogP contribution in [0.25, 0.3) is 0 Å². The van der Waals surface area contributed by atoms with E-state index in [0.29, 0.717) is 5.92 Å². The molecule has 0 amide bonds. The molecule has 0 atom stereocenters. The van der Waals surface area contributed by atoms with Crippen molar-refractivity contribution in [3.05, 3.63) is 12.2 Å². The van der Waals surface area contributed by atoms with Crippen LogP contribution in [0.2, 0.25) is 0 Å². The maximum Gasteiger partial charge on any atom is 0.0648 e. The number of rotatable bonds is 6. The van der Waals surface area contributed by atoms with Crippen molar-refractivity contribution in [1.29, 1.82) is 0 Å². The summed E-state index contributed by atoms with van der Waals surface area (Å²) >= 11 is 0. The third kappa shape index (κ3) is 9.66. The lowest BCUT2D eigenvalue weighted by Crippen LogP contribution is -2.10. The molecule has 0 saturated carbocycles. The van der Waals surface area contributed by atoms with Crippen LogP contribution < -0.4 is 0 Å². The zero-order chi connectivity index (χ0) is 9.40. The summed E-state index contributed by atoms with van der Waals surface area (Å²) in [6, 6.07) is 0. The number of likely N-dealkylation sites (N-methyl/N-ethyl adjacent to an activating group) is 1. The number of hydrogen-bond donors (Lipinski definition) is 0. The second-order valence-electron chi connectivity index (χ2n) is 3.66. The minimum absolute atomic E-state index is 0.632. The van der Waals surface area contributed by atoms with Gasteiger partial charge < -0.3 is 9.64 Å². The molecule has 0 aromatic carbocycles. The molecule has 0 fully saturated rings. The Kier molecular flexibility index (Phi) is 7.11. The maximum absolute atomic E-state index is 5.37. The fraction of sp³-hybridized carbons (Fsp3) is 0.800. The molecule has 0 saturated heterocycles. The highest BCUT2D eigenvalue weighted by Gasteiger charge is 1.90. The van der Waals surface area contributed by atoms with E-state index < -0.39 is 0 Å². The molecule has 0 aliphatic heterocycles. The summed E-state index contributed by atoms with van der Waals surface area (Å²) in [5.41, 5.74) is 0. The molecule has 0 aliphatic carbocycles. The number of ether oxygens (including phenoxy) is 1. The van der Waals surface area contributed by atoms with Crippen molar-refractivity contribution in [2.75, 3.05) is 33.9 Å². The lowest BCUT2D eigenvalue weighted by Gasteiger charge is -2.05. The summed E-state index contributed by atoms with van der Waals surface area (Å²) in [4.78, 5) is 2.12. The standard InChI is InChI=1S/C10H21NO/c1-10(2)9-12-8-6-5-7-11(3)4/h5-6,10H,7-9H2,1-4H3/b6-5+. The first kappa shape index (κ1) is 11.7. The van der Waals surface area contributed by atoms with E-state index in [1.807, 2.05) is 0 Å². The van der Waals surface area contributed by atoms with E-state index in [0.717, 1.165) is 19.8 Å². The fourth-order valence-electron chi connectivity index (χ4n) is 0.725. The van der Waals surface area contributed by atoms with Gasteiger partial charge in [-0.2, -0.15) is 0 Å². The van der Waals surface area contributed by atoms with Gasteiger partial charge in [0.2, 0.25) is 0 Å². The van der Waals surface area contributed by atoms with Crippen LogP contribution in [-0.4, -0.2) is 38.8 Å². The molecule has 0 unspecified atom stereocenters. The monoisotopic (exact) mass is 171 g/mol. The molecule has 12 heavy (non-hydrogen) atoms. The summed E-state index contributed by atoms with van der Waals surface area (Å²) < 4.78 is 5.37. The second kappa shape index (κ2) is 7.32. The molecule has 0 aromatic rings. The van der Waals surface area contributed by atoms with Crippen LogP contribution in [0.3, 0.4) is 0 Å². The van der Waals surface area contributed by atoms with Gasteiger partial charge in [-0.3, -0.25) is 0 Å². The molecule has 0 bridgehead atoms. The first-order valence-electron chi connectivity index (χ1n) is 4.50. The summed E-state index contributed by atoms with van der Waals surface area (Å²) in [6.45, 7) is 6.90. The second-order valence-corrected chi connectivity index (χ2v) is 3.66. The lowest BCUT2D eigenvalue weighted by molar-refractivity contribution is 0.134. The van der Waals surface area contributed by atoms with Crippen molar-refractivity contribution in [1.82, 2.24) is 4.90 Å². The van der Waals surface area contributed by atoms with Crippen LogP contribution in [0.4, 0.5) is 0 Å². The predicted molar refractivity (Wildman–Crippen MR) is 53.4 cm³/mol. The molecule has 72 valence electrons. The minimum Gasteiger partial charge on any atom is -0.377 e. The molecule has 2 heteroatoms. The largest absolute Gasteiger partial charge is 0.377 e. The lowest BCUT2D eigenvalue weighted by atomic mass is 10.2. The van der Waals surface area contributed by atoms with Gasteiger partial charge in [0.1, 0.15) is 0 Å². The van der Waals surface area contributed by atoms with Gasteiger partial charge in [0.05, 0.1) is 6.61 Å². The van der Waals surface area contributed by atoms with E-state index >= 15 is 0 Å². The molecule has 0 spiro atoms. The van der Waals surface area contributed by atoms with E-state index in [9.17, 15) is 0 Å². The Balaban J connectivity index is 3.13. The molecule has 0 aromatic heterocycles. The van der Waals surface area contributed by atoms with Crippen LogP contribution in [0, 0.1) is 5.92 Å². The van der Waals surface area contributed by atoms with Crippen molar-refractivity contribution >= 4 is 0 Å². The Hall–Kier alpha value is -0.340. The van der Waals surface area contributed by atoms with Gasteiger partial charge in [-0.05, 0) is 20.0 Å². The zero-order valence-electron chi connectivity index (χ0n) is 8.71. The third-order valence-corrected chi connectivity index (χ3v) is 1.30. The van der Waals surface area contributed by atoms with Gasteiger partial charge in [0.15, 0.2) is 0 Å². The highest BCUT2D eigenvalue weighted by atomic mass is 16.5. The molecule has 0 aliphatic rings. The fourth-order valence-corrected chi connectivity index (χ4v) is 0.725. The van der Waals surface area contributed by atoms with Crippen molar-refractivity contribution in [3.8, 4) is 0 Å². The zero-order valence-corrected chi connectivity index (χ0v) is 8.71. The average Bonchev–Trinajstić information content (AvgIpc) is 1.95. The Morgan fingerprint density at radius 2 is 1.92 bits per heavy atom. The first-order chi connectivity index (χ1) is 5.63. The molecule has 0 rings (SSSR count). The Morgan fingerprint density at radius 1 is 1.25 bits per heavy atom. The molecule has 2 nitrogen and oxygen atoms in total. The summed E-state index contributed by atoms with van der Waals surface area (Å²) in [6.07, 6.45) is 4.20. The first-order valence-corrected chi connectivity index (χ1v) is 4.50. The molecular formula is C10H21NO. The average molecular weight is 171 g/mol. The molecule has 0 radical (unpaired) electrons. The SMILES string of the molecule is CC(C)COC/C=C/CN(C)C. The van der Waals surface area contributed by atoms with E-state index in [2.05, 4.69) is 45.0 Å². The van der Waals surface area contributed by atoms with Gasteiger partial charge in [0.25, 0.3) is 0 Å². The van der Waals surface area contributed by atoms with Crippen LogP contribution in [-0.2, 0) is 4.74 Å². The Labute approximate surface area is 76.2 Å². The smallest absolute Gasteiger partial charge is 0.0648 e. The van der Waals surface area contributed by atoms with Gasteiger partial charge >= 0.3 is 0 Å². The highest BCUT2D eigenvalue weighted by molar-refractivity contribution is 4.83. The summed E-state index contributed by atoms with van der Waals surface area (Å²) in [5, 5.41) is 0. The molecule has 0 heterocycles. The van der Waals surface area contributed by atoms with Gasteiger partial charge in [-0.15, -0.1) is 0 Å². The summed E-state index contributed by atoms with van der Waals surface area (Å²) in [7, 11) is 4.11. The van der Waals surface area contributed by atoms with Crippen molar-refractivity contribution in [2.45, 2.75) is 13.8 Å². The Bertz CT molecular complexity index is 119. The highest BCUT2D eigenvalue weighted by Crippen LogP contribution is 1.91. The van der Waals surface area contributed by atoms with Crippen LogP contribution in [0.15, 0.2) is 12.2 Å². The maximum atomic E-state index is 5.37. The Morgan fingerprint density at radius 3 is 2.42 bits per heavy atom. The normalized spacial score (nSPS) is 12.2. The molecular weight excluding hydrogens is 150 g/mol. The topological polar surface area (TPSA) is 12.5 Å². The van der Waals surface area contributed by atoms with Gasteiger partial charge in [-0.25, -0.2) is 0 Å². The van der Waals surface area contributed by atoms with E-state index in [1.54, 1.807) is 0 Å². The van der Waals surface area contributed by atoms with E-state index in [-0.39, 0.29) is 0 Å². The quantitative estimate of drug-likeness (QED) is 0.446. The number of hydrogen-bond acceptors (Lipinski definition) is 2. The molecule has 0 N–H and O–H groups in total. The van der Waals surface area contributed by atoms with Gasteiger partial charge in [0, 0.05) is 13.2 Å². The van der Waals surface area contributed by atoms with Crippen LogP contribution >= 0.6 is 0 Å². The van der Waals surface area contributed by atoms with Crippen molar-refractivity contribution in [2.24, 2.45) is 5.92 Å². The van der Waals surface area contributed by atoms with Gasteiger partial charge in [-0.1, -0.05) is 26.0 Å². The van der Waals surface area contributed by atoms with Crippen LogP contribution in [0.5, 0.6) is 0 Å². The van der Waals surface area contributed by atoms with Crippen molar-refractivity contribution in [3.63, 3.8) is 0 Å². The predicted octanol–water partition coefficient (Wildman–Crippen LogP) is 1.78. The summed E-state index contributed by atoms with van der Waals surface area (Å²) in [5.74, 6) is 0.632. The van der Waals surface area contributed by atoms with E-state index in [1.165, 1.54) is 0 Å². The van der Waals surface area contributed by atoms with Crippen molar-refractivity contribution < 1.29 is 4.74 Å². The van der Waals surface area contributed by atoms with Crippen LogP contribution in [0.1, 0.15) is 13.8 Å².